The fourth-order valence-corrected chi connectivity index (χ4v) is 1.52. The number of aromatic nitrogens is 1. The molecule has 1 aromatic rings. The van der Waals surface area contributed by atoms with Crippen molar-refractivity contribution in [2.45, 2.75) is 13.8 Å². The van der Waals surface area contributed by atoms with Crippen LogP contribution in [0.15, 0.2) is 16.9 Å². The number of pyridine rings is 1. The number of halogens is 1. The summed E-state index contributed by atoms with van der Waals surface area (Å²) in [6.45, 7) is 3.95. The Kier molecular flexibility index (Phi) is 3.74. The van der Waals surface area contributed by atoms with E-state index in [1.807, 2.05) is 0 Å². The zero-order chi connectivity index (χ0) is 12.3. The topological polar surface area (TPSA) is 94.0 Å². The molecule has 0 bridgehead atoms. The summed E-state index contributed by atoms with van der Waals surface area (Å²) in [6, 6.07) is 0. The minimum absolute atomic E-state index is 0.358. The number of nitrogens with two attached hydrogens (primary N) is 2. The van der Waals surface area contributed by atoms with Crippen LogP contribution < -0.4 is 16.8 Å². The van der Waals surface area contributed by atoms with Gasteiger partial charge in [-0.15, -0.1) is 0 Å². The Labute approximate surface area is 103 Å². The number of hydrogen-bond acceptors (Lipinski definition) is 4. The predicted molar refractivity (Wildman–Crippen MR) is 67.8 cm³/mol. The van der Waals surface area contributed by atoms with Crippen molar-refractivity contribution < 1.29 is 4.79 Å². The Morgan fingerprint density at radius 2 is 2.19 bits per heavy atom. The number of primary amides is 1. The zero-order valence-corrected chi connectivity index (χ0v) is 10.8. The predicted octanol–water partition coefficient (Wildman–Crippen LogP) is 1.35. The lowest BCUT2D eigenvalue weighted by Crippen LogP contribution is -2.37. The summed E-state index contributed by atoms with van der Waals surface area (Å²) in [7, 11) is 0. The van der Waals surface area contributed by atoms with E-state index >= 15 is 0 Å². The normalized spacial score (nSPS) is 11.2. The van der Waals surface area contributed by atoms with Crippen LogP contribution in [0.25, 0.3) is 0 Å². The minimum Gasteiger partial charge on any atom is -0.396 e. The number of nitrogens with one attached hydrogen (secondary N) is 1. The highest BCUT2D eigenvalue weighted by atomic mass is 79.9. The first kappa shape index (κ1) is 12.8. The largest absolute Gasteiger partial charge is 0.396 e. The highest BCUT2D eigenvalue weighted by molar-refractivity contribution is 9.10. The van der Waals surface area contributed by atoms with Gasteiger partial charge in [0, 0.05) is 12.7 Å². The molecule has 5 nitrogen and oxygen atoms in total. The van der Waals surface area contributed by atoms with Crippen molar-refractivity contribution in [3.63, 3.8) is 0 Å². The van der Waals surface area contributed by atoms with Crippen molar-refractivity contribution in [1.82, 2.24) is 4.98 Å². The highest BCUT2D eigenvalue weighted by Gasteiger charge is 2.25. The van der Waals surface area contributed by atoms with Crippen LogP contribution in [-0.4, -0.2) is 17.4 Å². The van der Waals surface area contributed by atoms with Crippen molar-refractivity contribution in [1.29, 1.82) is 0 Å². The van der Waals surface area contributed by atoms with Gasteiger partial charge in [0.25, 0.3) is 0 Å². The molecule has 0 spiro atoms. The zero-order valence-electron chi connectivity index (χ0n) is 9.25. The van der Waals surface area contributed by atoms with Gasteiger partial charge in [-0.25, -0.2) is 0 Å². The number of carbonyl (C=O) groups excluding carboxylic acids is 1. The van der Waals surface area contributed by atoms with E-state index in [-0.39, 0.29) is 5.91 Å². The van der Waals surface area contributed by atoms with Crippen molar-refractivity contribution in [3.8, 4) is 0 Å². The second-order valence-corrected chi connectivity index (χ2v) is 5.04. The van der Waals surface area contributed by atoms with Crippen molar-refractivity contribution in [2.24, 2.45) is 11.1 Å². The van der Waals surface area contributed by atoms with Crippen LogP contribution in [0.4, 0.5) is 11.4 Å². The molecule has 0 unspecified atom stereocenters. The van der Waals surface area contributed by atoms with E-state index in [9.17, 15) is 4.79 Å². The highest BCUT2D eigenvalue weighted by Crippen LogP contribution is 2.28. The van der Waals surface area contributed by atoms with Gasteiger partial charge in [0.15, 0.2) is 0 Å². The molecule has 0 atom stereocenters. The Bertz CT molecular complexity index is 386. The number of rotatable bonds is 4. The molecule has 0 aliphatic rings. The lowest BCUT2D eigenvalue weighted by atomic mass is 9.93. The van der Waals surface area contributed by atoms with Crippen LogP contribution in [0.3, 0.4) is 0 Å². The van der Waals surface area contributed by atoms with Gasteiger partial charge in [-0.05, 0) is 29.8 Å². The number of hydrogen-bond donors (Lipinski definition) is 3. The molecule has 0 aliphatic heterocycles. The fourth-order valence-electron chi connectivity index (χ4n) is 1.03. The first-order chi connectivity index (χ1) is 7.34. The van der Waals surface area contributed by atoms with Gasteiger partial charge in [0.2, 0.25) is 5.91 Å². The molecule has 1 heterocycles. The number of nitrogen functional groups attached to an aromatic ring is 1. The van der Waals surface area contributed by atoms with Crippen molar-refractivity contribution >= 4 is 33.2 Å². The lowest BCUT2D eigenvalue weighted by molar-refractivity contribution is -0.125. The molecule has 0 aromatic carbocycles. The summed E-state index contributed by atoms with van der Waals surface area (Å²) >= 11 is 3.33. The summed E-state index contributed by atoms with van der Waals surface area (Å²) in [5, 5.41) is 3.09. The van der Waals surface area contributed by atoms with Crippen molar-refractivity contribution in [3.05, 3.63) is 16.9 Å². The minimum atomic E-state index is -0.630. The average Bonchev–Trinajstić information content (AvgIpc) is 2.16. The van der Waals surface area contributed by atoms with Gasteiger partial charge < -0.3 is 16.8 Å². The number of anilines is 2. The molecule has 1 amide bonds. The Morgan fingerprint density at radius 3 is 2.69 bits per heavy atom. The third-order valence-electron chi connectivity index (χ3n) is 2.30. The van der Waals surface area contributed by atoms with E-state index in [1.165, 1.54) is 0 Å². The summed E-state index contributed by atoms with van der Waals surface area (Å²) in [5.41, 5.74) is 11.7. The maximum atomic E-state index is 11.1. The maximum absolute atomic E-state index is 11.1. The molecule has 0 saturated heterocycles. The van der Waals surface area contributed by atoms with Crippen LogP contribution in [-0.2, 0) is 4.79 Å². The first-order valence-electron chi connectivity index (χ1n) is 4.77. The molecule has 16 heavy (non-hydrogen) atoms. The third kappa shape index (κ3) is 2.85. The van der Waals surface area contributed by atoms with Crippen LogP contribution >= 0.6 is 15.9 Å². The van der Waals surface area contributed by atoms with Gasteiger partial charge in [0.1, 0.15) is 0 Å². The van der Waals surface area contributed by atoms with Crippen LogP contribution in [0, 0.1) is 5.41 Å². The molecule has 5 N–H and O–H groups in total. The molecule has 1 aromatic heterocycles. The monoisotopic (exact) mass is 286 g/mol. The molecular weight excluding hydrogens is 272 g/mol. The smallest absolute Gasteiger partial charge is 0.224 e. The first-order valence-corrected chi connectivity index (χ1v) is 5.56. The van der Waals surface area contributed by atoms with Gasteiger partial charge >= 0.3 is 0 Å². The standard InChI is InChI=1S/C10H15BrN4O/c1-10(2,9(13)16)5-15-8-6(11)3-14-4-7(8)12/h3-4H,5,12H2,1-2H3,(H2,13,16)(H,14,15). The van der Waals surface area contributed by atoms with Gasteiger partial charge in [-0.1, -0.05) is 0 Å². The van der Waals surface area contributed by atoms with E-state index in [0.29, 0.717) is 12.2 Å². The number of amides is 1. The van der Waals surface area contributed by atoms with Gasteiger partial charge in [-0.3, -0.25) is 9.78 Å². The van der Waals surface area contributed by atoms with E-state index < -0.39 is 5.41 Å². The summed E-state index contributed by atoms with van der Waals surface area (Å²) in [6.07, 6.45) is 3.18. The molecular formula is C10H15BrN4O. The van der Waals surface area contributed by atoms with Gasteiger partial charge in [-0.2, -0.15) is 0 Å². The summed E-state index contributed by atoms with van der Waals surface area (Å²) < 4.78 is 0.757. The van der Waals surface area contributed by atoms with Crippen molar-refractivity contribution in [2.75, 3.05) is 17.6 Å². The molecule has 0 saturated carbocycles. The quantitative estimate of drug-likeness (QED) is 0.779. The van der Waals surface area contributed by atoms with Crippen LogP contribution in [0.2, 0.25) is 0 Å². The molecule has 88 valence electrons. The molecule has 1 rings (SSSR count). The molecule has 6 heteroatoms. The molecule has 0 radical (unpaired) electrons. The van der Waals surface area contributed by atoms with Gasteiger partial charge in [0.05, 0.1) is 27.5 Å². The lowest BCUT2D eigenvalue weighted by Gasteiger charge is -2.22. The Morgan fingerprint density at radius 1 is 1.56 bits per heavy atom. The molecule has 0 fully saturated rings. The molecule has 0 aliphatic carbocycles. The average molecular weight is 287 g/mol. The Hall–Kier alpha value is -1.30. The third-order valence-corrected chi connectivity index (χ3v) is 2.90. The van der Waals surface area contributed by atoms with E-state index in [0.717, 1.165) is 10.2 Å². The number of nitrogens with zero attached hydrogens (tertiary/aromatic N) is 1. The summed E-state index contributed by atoms with van der Waals surface area (Å²) in [4.78, 5) is 15.1. The van der Waals surface area contributed by atoms with E-state index in [1.54, 1.807) is 26.2 Å². The number of carbonyl (C=O) groups is 1. The maximum Gasteiger partial charge on any atom is 0.224 e. The fraction of sp³-hybridized carbons (Fsp3) is 0.400. The van der Waals surface area contributed by atoms with E-state index in [4.69, 9.17) is 11.5 Å². The van der Waals surface area contributed by atoms with Crippen LogP contribution in [0.1, 0.15) is 13.8 Å². The summed E-state index contributed by atoms with van der Waals surface area (Å²) in [5.74, 6) is -0.358. The van der Waals surface area contributed by atoms with Crippen LogP contribution in [0.5, 0.6) is 0 Å². The second-order valence-electron chi connectivity index (χ2n) is 4.19. The van der Waals surface area contributed by atoms with E-state index in [2.05, 4.69) is 26.2 Å². The second kappa shape index (κ2) is 4.69. The Balaban J connectivity index is 2.79. The SMILES string of the molecule is CC(C)(CNc1c(N)cncc1Br)C(N)=O.